The molecule has 1 aliphatic rings. The maximum absolute atomic E-state index is 12.1. The number of aromatic hydroxyl groups is 1. The Kier molecular flexibility index (Phi) is 4.58. The van der Waals surface area contributed by atoms with Gasteiger partial charge in [-0.2, -0.15) is 5.26 Å². The number of carbonyl (C=O) groups excluding carboxylic acids is 1. The summed E-state index contributed by atoms with van der Waals surface area (Å²) in [6.45, 7) is 1.99. The lowest BCUT2D eigenvalue weighted by Gasteiger charge is -2.26. The van der Waals surface area contributed by atoms with Gasteiger partial charge >= 0.3 is 0 Å². The summed E-state index contributed by atoms with van der Waals surface area (Å²) >= 11 is 0. The Morgan fingerprint density at radius 1 is 1.35 bits per heavy atom. The average molecular weight is 273 g/mol. The van der Waals surface area contributed by atoms with E-state index < -0.39 is 0 Å². The minimum atomic E-state index is -0.304. The number of nitrogens with zero attached hydrogens (tertiary/aromatic N) is 2. The highest BCUT2D eigenvalue weighted by atomic mass is 16.5. The lowest BCUT2D eigenvalue weighted by atomic mass is 10.2. The van der Waals surface area contributed by atoms with E-state index in [1.54, 1.807) is 17.0 Å². The summed E-state index contributed by atoms with van der Waals surface area (Å²) in [5.41, 5.74) is 0.727. The Balaban J connectivity index is 2.03. The van der Waals surface area contributed by atoms with Crippen molar-refractivity contribution in [2.24, 2.45) is 0 Å². The van der Waals surface area contributed by atoms with Crippen molar-refractivity contribution in [1.29, 1.82) is 5.26 Å². The van der Waals surface area contributed by atoms with E-state index in [-0.39, 0.29) is 17.2 Å². The van der Waals surface area contributed by atoms with Crippen LogP contribution in [0.25, 0.3) is 0 Å². The molecule has 6 nitrogen and oxygen atoms in total. The molecule has 20 heavy (non-hydrogen) atoms. The molecule has 0 unspecified atom stereocenters. The number of nitriles is 1. The number of benzene rings is 1. The minimum Gasteiger partial charge on any atom is -0.508 e. The molecule has 1 aromatic carbocycles. The smallest absolute Gasteiger partial charge is 0.266 e. The maximum atomic E-state index is 12.1. The van der Waals surface area contributed by atoms with E-state index in [0.29, 0.717) is 32.0 Å². The van der Waals surface area contributed by atoms with Gasteiger partial charge in [-0.1, -0.05) is 0 Å². The van der Waals surface area contributed by atoms with Crippen molar-refractivity contribution in [3.63, 3.8) is 0 Å². The van der Waals surface area contributed by atoms with Crippen molar-refractivity contribution in [2.45, 2.75) is 0 Å². The van der Waals surface area contributed by atoms with E-state index in [2.05, 4.69) is 5.32 Å². The van der Waals surface area contributed by atoms with Crippen LogP contribution in [-0.2, 0) is 9.53 Å². The quantitative estimate of drug-likeness (QED) is 0.489. The van der Waals surface area contributed by atoms with Gasteiger partial charge in [0.15, 0.2) is 0 Å². The van der Waals surface area contributed by atoms with Crippen LogP contribution in [0.5, 0.6) is 5.75 Å². The molecule has 6 heteroatoms. The zero-order chi connectivity index (χ0) is 14.4. The molecular weight excluding hydrogens is 258 g/mol. The number of phenolic OH excluding ortho intramolecular Hbond substituents is 1. The highest BCUT2D eigenvalue weighted by molar-refractivity contribution is 5.97. The molecule has 1 fully saturated rings. The van der Waals surface area contributed by atoms with Gasteiger partial charge in [0.1, 0.15) is 17.4 Å². The van der Waals surface area contributed by atoms with Gasteiger partial charge in [-0.3, -0.25) is 4.79 Å². The van der Waals surface area contributed by atoms with Crippen LogP contribution in [0.3, 0.4) is 0 Å². The number of anilines is 1. The van der Waals surface area contributed by atoms with E-state index in [0.717, 1.165) is 0 Å². The molecule has 1 amide bonds. The van der Waals surface area contributed by atoms with Gasteiger partial charge in [0.25, 0.3) is 5.91 Å². The summed E-state index contributed by atoms with van der Waals surface area (Å²) in [4.78, 5) is 13.7. The predicted molar refractivity (Wildman–Crippen MR) is 72.8 cm³/mol. The molecule has 2 N–H and O–H groups in total. The van der Waals surface area contributed by atoms with Crippen LogP contribution in [0.2, 0.25) is 0 Å². The number of hydrogen-bond donors (Lipinski definition) is 2. The molecule has 1 aromatic rings. The summed E-state index contributed by atoms with van der Waals surface area (Å²) in [7, 11) is 0. The first kappa shape index (κ1) is 13.9. The van der Waals surface area contributed by atoms with E-state index in [4.69, 9.17) is 10.00 Å². The zero-order valence-electron chi connectivity index (χ0n) is 10.9. The Bertz CT molecular complexity index is 540. The summed E-state index contributed by atoms with van der Waals surface area (Å²) in [6, 6.07) is 8.24. The Morgan fingerprint density at radius 2 is 2.00 bits per heavy atom. The van der Waals surface area contributed by atoms with Gasteiger partial charge < -0.3 is 20.1 Å². The van der Waals surface area contributed by atoms with Gasteiger partial charge in [0, 0.05) is 25.0 Å². The molecule has 0 aromatic heterocycles. The Hall–Kier alpha value is -2.52. The molecule has 0 radical (unpaired) electrons. The molecule has 0 saturated carbocycles. The van der Waals surface area contributed by atoms with Crippen molar-refractivity contribution in [2.75, 3.05) is 31.6 Å². The summed E-state index contributed by atoms with van der Waals surface area (Å²) in [6.07, 6.45) is 1.38. The van der Waals surface area contributed by atoms with Crippen LogP contribution in [0.15, 0.2) is 36.0 Å². The van der Waals surface area contributed by atoms with E-state index in [1.165, 1.54) is 18.3 Å². The number of morpholine rings is 1. The summed E-state index contributed by atoms with van der Waals surface area (Å²) in [5, 5.41) is 21.1. The SMILES string of the molecule is N#CC(=CNc1ccc(O)cc1)C(=O)N1CCOCC1. The van der Waals surface area contributed by atoms with E-state index in [9.17, 15) is 9.90 Å². The van der Waals surface area contributed by atoms with E-state index >= 15 is 0 Å². The Morgan fingerprint density at radius 3 is 2.60 bits per heavy atom. The van der Waals surface area contributed by atoms with Crippen molar-refractivity contribution >= 4 is 11.6 Å². The standard InChI is InChI=1S/C14H15N3O3/c15-9-11(14(19)17-5-7-20-8-6-17)10-16-12-1-3-13(18)4-2-12/h1-4,10,16,18H,5-8H2. The summed E-state index contributed by atoms with van der Waals surface area (Å²) < 4.78 is 5.17. The van der Waals surface area contributed by atoms with Gasteiger partial charge in [0.05, 0.1) is 13.2 Å². The first-order valence-corrected chi connectivity index (χ1v) is 6.23. The molecule has 1 aliphatic heterocycles. The van der Waals surface area contributed by atoms with Gasteiger partial charge in [-0.25, -0.2) is 0 Å². The third-order valence-electron chi connectivity index (χ3n) is 2.90. The third-order valence-corrected chi connectivity index (χ3v) is 2.90. The van der Waals surface area contributed by atoms with Crippen molar-refractivity contribution < 1.29 is 14.6 Å². The maximum Gasteiger partial charge on any atom is 0.266 e. The molecule has 0 aliphatic carbocycles. The largest absolute Gasteiger partial charge is 0.508 e. The molecule has 104 valence electrons. The van der Waals surface area contributed by atoms with E-state index in [1.807, 2.05) is 6.07 Å². The first-order valence-electron chi connectivity index (χ1n) is 6.23. The zero-order valence-corrected chi connectivity index (χ0v) is 10.9. The van der Waals surface area contributed by atoms with Gasteiger partial charge in [-0.05, 0) is 24.3 Å². The second-order valence-corrected chi connectivity index (χ2v) is 4.27. The summed E-state index contributed by atoms with van der Waals surface area (Å²) in [5.74, 6) is -0.147. The van der Waals surface area contributed by atoms with Crippen LogP contribution in [0, 0.1) is 11.3 Å². The lowest BCUT2D eigenvalue weighted by molar-refractivity contribution is -0.130. The number of amides is 1. The second kappa shape index (κ2) is 6.59. The fourth-order valence-corrected chi connectivity index (χ4v) is 1.79. The normalized spacial score (nSPS) is 15.6. The van der Waals surface area contributed by atoms with Crippen LogP contribution >= 0.6 is 0 Å². The van der Waals surface area contributed by atoms with Crippen LogP contribution in [-0.4, -0.2) is 42.2 Å². The number of rotatable bonds is 3. The lowest BCUT2D eigenvalue weighted by Crippen LogP contribution is -2.41. The second-order valence-electron chi connectivity index (χ2n) is 4.27. The molecule has 0 spiro atoms. The molecule has 0 atom stereocenters. The average Bonchev–Trinajstić information content (AvgIpc) is 2.50. The molecule has 1 heterocycles. The number of nitrogens with one attached hydrogen (secondary N) is 1. The molecule has 1 saturated heterocycles. The van der Waals surface area contributed by atoms with Crippen molar-refractivity contribution in [1.82, 2.24) is 4.90 Å². The third kappa shape index (κ3) is 3.49. The van der Waals surface area contributed by atoms with Crippen LogP contribution < -0.4 is 5.32 Å². The fourth-order valence-electron chi connectivity index (χ4n) is 1.79. The van der Waals surface area contributed by atoms with Crippen molar-refractivity contribution in [3.8, 4) is 11.8 Å². The number of carbonyl (C=O) groups is 1. The molecular formula is C14H15N3O3. The highest BCUT2D eigenvalue weighted by Crippen LogP contribution is 2.14. The predicted octanol–water partition coefficient (Wildman–Crippen LogP) is 1.07. The number of ether oxygens (including phenoxy) is 1. The molecule has 2 rings (SSSR count). The number of hydrogen-bond acceptors (Lipinski definition) is 5. The fraction of sp³-hybridized carbons (Fsp3) is 0.286. The topological polar surface area (TPSA) is 85.6 Å². The minimum absolute atomic E-state index is 0.0416. The molecule has 0 bridgehead atoms. The Labute approximate surface area is 116 Å². The number of phenols is 1. The van der Waals surface area contributed by atoms with Gasteiger partial charge in [0.2, 0.25) is 0 Å². The van der Waals surface area contributed by atoms with Crippen LogP contribution in [0.4, 0.5) is 5.69 Å². The van der Waals surface area contributed by atoms with Gasteiger partial charge in [-0.15, -0.1) is 0 Å². The monoisotopic (exact) mass is 273 g/mol. The first-order chi connectivity index (χ1) is 9.70. The van der Waals surface area contributed by atoms with Crippen LogP contribution in [0.1, 0.15) is 0 Å². The highest BCUT2D eigenvalue weighted by Gasteiger charge is 2.20. The van der Waals surface area contributed by atoms with Crippen molar-refractivity contribution in [3.05, 3.63) is 36.0 Å².